The number of amides is 3. The van der Waals surface area contributed by atoms with Crippen molar-refractivity contribution in [3.8, 4) is 0 Å². The van der Waals surface area contributed by atoms with E-state index >= 15 is 0 Å². The normalized spacial score (nSPS) is 15.2. The lowest BCUT2D eigenvalue weighted by molar-refractivity contribution is -0.132. The summed E-state index contributed by atoms with van der Waals surface area (Å²) in [6, 6.07) is 0.0602. The zero-order valence-electron chi connectivity index (χ0n) is 15.9. The molecule has 1 fully saturated rings. The topological polar surface area (TPSA) is 82.2 Å². The second-order valence-electron chi connectivity index (χ2n) is 6.27. The summed E-state index contributed by atoms with van der Waals surface area (Å²) in [7, 11) is 1.77. The SMILES string of the molecule is CCOC(=O)N1CCC(NC(=O)CN(C)CC(=O)N(CC)CC)CC1. The van der Waals surface area contributed by atoms with E-state index in [9.17, 15) is 14.4 Å². The molecule has 0 aliphatic carbocycles. The Balaban J connectivity index is 2.31. The van der Waals surface area contributed by atoms with Crippen molar-refractivity contribution in [3.63, 3.8) is 0 Å². The highest BCUT2D eigenvalue weighted by Crippen LogP contribution is 2.11. The Morgan fingerprint density at radius 2 is 1.68 bits per heavy atom. The first-order valence-electron chi connectivity index (χ1n) is 9.08. The molecule has 1 saturated heterocycles. The summed E-state index contributed by atoms with van der Waals surface area (Å²) in [5.74, 6) is -0.0625. The predicted octanol–water partition coefficient (Wildman–Crippen LogP) is 0.524. The van der Waals surface area contributed by atoms with E-state index < -0.39 is 0 Å². The van der Waals surface area contributed by atoms with Crippen LogP contribution in [0, 0.1) is 0 Å². The molecular formula is C17H32N4O4. The molecule has 1 aliphatic heterocycles. The maximum Gasteiger partial charge on any atom is 0.409 e. The monoisotopic (exact) mass is 356 g/mol. The second-order valence-corrected chi connectivity index (χ2v) is 6.27. The lowest BCUT2D eigenvalue weighted by Gasteiger charge is -2.32. The minimum atomic E-state index is -0.290. The average molecular weight is 356 g/mol. The van der Waals surface area contributed by atoms with E-state index in [1.54, 1.807) is 28.7 Å². The zero-order valence-corrected chi connectivity index (χ0v) is 15.9. The molecule has 1 rings (SSSR count). The van der Waals surface area contributed by atoms with Crippen molar-refractivity contribution in [1.29, 1.82) is 0 Å². The van der Waals surface area contributed by atoms with E-state index in [1.165, 1.54) is 0 Å². The summed E-state index contributed by atoms with van der Waals surface area (Å²) in [5, 5.41) is 2.99. The third-order valence-electron chi connectivity index (χ3n) is 4.32. The number of nitrogens with zero attached hydrogens (tertiary/aromatic N) is 3. The average Bonchev–Trinajstić information content (AvgIpc) is 2.56. The van der Waals surface area contributed by atoms with Crippen molar-refractivity contribution >= 4 is 17.9 Å². The Morgan fingerprint density at radius 3 is 2.20 bits per heavy atom. The zero-order chi connectivity index (χ0) is 18.8. The molecule has 0 bridgehead atoms. The number of rotatable bonds is 8. The van der Waals surface area contributed by atoms with E-state index in [0.717, 1.165) is 0 Å². The molecule has 8 heteroatoms. The van der Waals surface area contributed by atoms with Gasteiger partial charge in [0.05, 0.1) is 19.7 Å². The largest absolute Gasteiger partial charge is 0.450 e. The predicted molar refractivity (Wildman–Crippen MR) is 95.2 cm³/mol. The summed E-state index contributed by atoms with van der Waals surface area (Å²) >= 11 is 0. The summed E-state index contributed by atoms with van der Waals surface area (Å²) in [4.78, 5) is 41.0. The van der Waals surface area contributed by atoms with Crippen LogP contribution >= 0.6 is 0 Å². The van der Waals surface area contributed by atoms with Crippen molar-refractivity contribution in [2.75, 3.05) is 52.9 Å². The van der Waals surface area contributed by atoms with Crippen LogP contribution in [0.3, 0.4) is 0 Å². The van der Waals surface area contributed by atoms with Gasteiger partial charge in [-0.1, -0.05) is 0 Å². The van der Waals surface area contributed by atoms with Gasteiger partial charge in [-0.15, -0.1) is 0 Å². The van der Waals surface area contributed by atoms with E-state index in [1.807, 2.05) is 13.8 Å². The molecule has 1 N–H and O–H groups in total. The number of hydrogen-bond donors (Lipinski definition) is 1. The first kappa shape index (κ1) is 21.2. The molecule has 1 heterocycles. The van der Waals surface area contributed by atoms with Crippen LogP contribution in [0.4, 0.5) is 4.79 Å². The van der Waals surface area contributed by atoms with Crippen molar-refractivity contribution in [3.05, 3.63) is 0 Å². The van der Waals surface area contributed by atoms with Gasteiger partial charge >= 0.3 is 6.09 Å². The van der Waals surface area contributed by atoms with E-state index in [2.05, 4.69) is 5.32 Å². The van der Waals surface area contributed by atoms with Crippen molar-refractivity contribution < 1.29 is 19.1 Å². The minimum absolute atomic E-state index is 0.0306. The van der Waals surface area contributed by atoms with E-state index in [-0.39, 0.29) is 37.0 Å². The molecule has 1 aliphatic rings. The second kappa shape index (κ2) is 10.9. The van der Waals surface area contributed by atoms with Gasteiger partial charge in [-0.3, -0.25) is 14.5 Å². The Labute approximate surface area is 150 Å². The quantitative estimate of drug-likeness (QED) is 0.686. The summed E-state index contributed by atoms with van der Waals surface area (Å²) in [6.07, 6.45) is 1.14. The number of nitrogens with one attached hydrogen (secondary N) is 1. The lowest BCUT2D eigenvalue weighted by atomic mass is 10.1. The van der Waals surface area contributed by atoms with Crippen molar-refractivity contribution in [2.45, 2.75) is 39.7 Å². The summed E-state index contributed by atoms with van der Waals surface area (Å²) in [6.45, 7) is 8.97. The number of hydrogen-bond acceptors (Lipinski definition) is 5. The fourth-order valence-corrected chi connectivity index (χ4v) is 2.90. The number of carbonyl (C=O) groups excluding carboxylic acids is 3. The van der Waals surface area contributed by atoms with Gasteiger partial charge in [-0.2, -0.15) is 0 Å². The maximum atomic E-state index is 12.1. The van der Waals surface area contributed by atoms with Gasteiger partial charge in [0.25, 0.3) is 0 Å². The standard InChI is InChI=1S/C17H32N4O4/c1-5-20(6-2)16(23)13-19(4)12-15(22)18-14-8-10-21(11-9-14)17(24)25-7-3/h14H,5-13H2,1-4H3,(H,18,22). The molecule has 0 unspecified atom stereocenters. The van der Waals surface area contributed by atoms with Crippen LogP contribution in [-0.2, 0) is 14.3 Å². The van der Waals surface area contributed by atoms with Gasteiger partial charge in [-0.25, -0.2) is 4.79 Å². The van der Waals surface area contributed by atoms with Crippen molar-refractivity contribution in [1.82, 2.24) is 20.0 Å². The van der Waals surface area contributed by atoms with Crippen LogP contribution in [0.5, 0.6) is 0 Å². The smallest absolute Gasteiger partial charge is 0.409 e. The summed E-state index contributed by atoms with van der Waals surface area (Å²) < 4.78 is 4.98. The Bertz CT molecular complexity index is 446. The third kappa shape index (κ3) is 7.29. The van der Waals surface area contributed by atoms with Gasteiger partial charge in [-0.05, 0) is 40.7 Å². The maximum absolute atomic E-state index is 12.1. The molecule has 0 saturated carbocycles. The van der Waals surface area contributed by atoms with Crippen molar-refractivity contribution in [2.24, 2.45) is 0 Å². The molecule has 0 atom stereocenters. The van der Waals surface area contributed by atoms with Crippen LogP contribution in [0.2, 0.25) is 0 Å². The Morgan fingerprint density at radius 1 is 1.08 bits per heavy atom. The minimum Gasteiger partial charge on any atom is -0.450 e. The molecule has 8 nitrogen and oxygen atoms in total. The molecule has 3 amide bonds. The van der Waals surface area contributed by atoms with Crippen LogP contribution in [0.1, 0.15) is 33.6 Å². The molecule has 25 heavy (non-hydrogen) atoms. The molecule has 0 radical (unpaired) electrons. The number of likely N-dealkylation sites (N-methyl/N-ethyl adjacent to an activating group) is 2. The molecule has 0 aromatic rings. The van der Waals surface area contributed by atoms with E-state index in [4.69, 9.17) is 4.74 Å². The highest BCUT2D eigenvalue weighted by atomic mass is 16.6. The molecule has 0 spiro atoms. The van der Waals surface area contributed by atoms with Crippen LogP contribution in [0.25, 0.3) is 0 Å². The first-order valence-corrected chi connectivity index (χ1v) is 9.08. The fraction of sp³-hybridized carbons (Fsp3) is 0.824. The first-order chi connectivity index (χ1) is 11.9. The van der Waals surface area contributed by atoms with Gasteiger partial charge in [0.15, 0.2) is 0 Å². The Hall–Kier alpha value is -1.83. The fourth-order valence-electron chi connectivity index (χ4n) is 2.90. The highest BCUT2D eigenvalue weighted by Gasteiger charge is 2.25. The van der Waals surface area contributed by atoms with Gasteiger partial charge in [0, 0.05) is 32.2 Å². The molecule has 0 aromatic heterocycles. The number of ether oxygens (including phenoxy) is 1. The van der Waals surface area contributed by atoms with E-state index in [0.29, 0.717) is 45.6 Å². The number of piperidine rings is 1. The number of likely N-dealkylation sites (tertiary alicyclic amines) is 1. The van der Waals surface area contributed by atoms with Crippen LogP contribution in [-0.4, -0.2) is 91.6 Å². The molecular weight excluding hydrogens is 324 g/mol. The Kier molecular flexibility index (Phi) is 9.26. The summed E-state index contributed by atoms with van der Waals surface area (Å²) in [5.41, 5.74) is 0. The highest BCUT2D eigenvalue weighted by molar-refractivity contribution is 5.81. The van der Waals surface area contributed by atoms with Gasteiger partial charge in [0.1, 0.15) is 0 Å². The lowest BCUT2D eigenvalue weighted by Crippen LogP contribution is -2.49. The van der Waals surface area contributed by atoms with Gasteiger partial charge in [0.2, 0.25) is 11.8 Å². The van der Waals surface area contributed by atoms with Gasteiger partial charge < -0.3 is 19.9 Å². The van der Waals surface area contributed by atoms with Crippen LogP contribution in [0.15, 0.2) is 0 Å². The number of carbonyl (C=O) groups is 3. The third-order valence-corrected chi connectivity index (χ3v) is 4.32. The molecule has 144 valence electrons. The van der Waals surface area contributed by atoms with Crippen LogP contribution < -0.4 is 5.32 Å². The molecule has 0 aromatic carbocycles.